The van der Waals surface area contributed by atoms with Gasteiger partial charge in [0.25, 0.3) is 5.56 Å². The summed E-state index contributed by atoms with van der Waals surface area (Å²) in [6.45, 7) is 1.28. The Kier molecular flexibility index (Phi) is 3.38. The van der Waals surface area contributed by atoms with E-state index in [-0.39, 0.29) is 29.1 Å². The van der Waals surface area contributed by atoms with Crippen molar-refractivity contribution in [1.82, 2.24) is 14.8 Å². The molecule has 3 N–H and O–H groups in total. The lowest BCUT2D eigenvalue weighted by atomic mass is 10.2. The molecule has 1 aliphatic rings. The van der Waals surface area contributed by atoms with E-state index >= 15 is 0 Å². The van der Waals surface area contributed by atoms with Gasteiger partial charge in [-0.2, -0.15) is 5.10 Å². The van der Waals surface area contributed by atoms with Gasteiger partial charge in [-0.1, -0.05) is 0 Å². The highest BCUT2D eigenvalue weighted by Gasteiger charge is 2.35. The molecule has 0 unspecified atom stereocenters. The van der Waals surface area contributed by atoms with Crippen molar-refractivity contribution in [2.45, 2.75) is 31.8 Å². The van der Waals surface area contributed by atoms with Crippen molar-refractivity contribution in [1.29, 1.82) is 0 Å². The zero-order valence-electron chi connectivity index (χ0n) is 9.16. The van der Waals surface area contributed by atoms with Gasteiger partial charge in [0.2, 0.25) is 0 Å². The second kappa shape index (κ2) is 4.65. The summed E-state index contributed by atoms with van der Waals surface area (Å²) in [6.07, 6.45) is -1.69. The molecular formula is C9H13N3O4S. The second-order valence-electron chi connectivity index (χ2n) is 3.90. The third-order valence-corrected chi connectivity index (χ3v) is 2.96. The quantitative estimate of drug-likeness (QED) is 0.604. The minimum atomic E-state index is -0.763. The second-order valence-corrected chi connectivity index (χ2v) is 4.29. The molecule has 8 heteroatoms. The summed E-state index contributed by atoms with van der Waals surface area (Å²) in [5, 5.41) is 22.6. The molecule has 2 heterocycles. The predicted molar refractivity (Wildman–Crippen MR) is 60.0 cm³/mol. The maximum atomic E-state index is 11.3. The Labute approximate surface area is 102 Å². The molecule has 0 spiro atoms. The first-order valence-corrected chi connectivity index (χ1v) is 5.58. The van der Waals surface area contributed by atoms with Crippen molar-refractivity contribution in [3.8, 4) is 0 Å². The third-order valence-electron chi connectivity index (χ3n) is 2.67. The van der Waals surface area contributed by atoms with E-state index in [1.807, 2.05) is 0 Å². The first-order chi connectivity index (χ1) is 8.02. The fraction of sp³-hybridized carbons (Fsp3) is 0.667. The van der Waals surface area contributed by atoms with Crippen LogP contribution < -0.4 is 5.56 Å². The summed E-state index contributed by atoms with van der Waals surface area (Å²) in [4.78, 5) is 13.7. The van der Waals surface area contributed by atoms with Gasteiger partial charge in [0.05, 0.1) is 12.7 Å². The minimum absolute atomic E-state index is 0.136. The minimum Gasteiger partial charge on any atom is -0.394 e. The number of rotatable bonds is 2. The molecule has 2 rings (SSSR count). The maximum Gasteiger partial charge on any atom is 0.273 e. The number of nitrogens with one attached hydrogen (secondary N) is 1. The molecule has 0 bridgehead atoms. The smallest absolute Gasteiger partial charge is 0.273 e. The highest BCUT2D eigenvalue weighted by atomic mass is 32.1. The standard InChI is InChI=1S/C9H13N3O4S/c1-4-8(15)10-9(17)12(11-4)7-2-5(14)6(3-13)16-7/h5-7,13-14H,2-3H2,1H3,(H,10,15,17)/t5-,6+,7+/m0/s1. The number of H-pyrrole nitrogens is 1. The lowest BCUT2D eigenvalue weighted by molar-refractivity contribution is -0.0500. The van der Waals surface area contributed by atoms with Crippen LogP contribution in [0.3, 0.4) is 0 Å². The lowest BCUT2D eigenvalue weighted by Gasteiger charge is -2.14. The molecule has 0 aliphatic carbocycles. The molecule has 1 aromatic rings. The van der Waals surface area contributed by atoms with Gasteiger partial charge in [0, 0.05) is 6.42 Å². The van der Waals surface area contributed by atoms with Gasteiger partial charge < -0.3 is 14.9 Å². The summed E-state index contributed by atoms with van der Waals surface area (Å²) >= 11 is 4.97. The summed E-state index contributed by atoms with van der Waals surface area (Å²) in [6, 6.07) is 0. The van der Waals surface area contributed by atoms with E-state index in [4.69, 9.17) is 22.1 Å². The topological polar surface area (TPSA) is 100 Å². The zero-order chi connectivity index (χ0) is 12.6. The van der Waals surface area contributed by atoms with Gasteiger partial charge in [-0.15, -0.1) is 0 Å². The summed E-state index contributed by atoms with van der Waals surface area (Å²) in [7, 11) is 0. The Hall–Kier alpha value is -1.09. The molecule has 0 amide bonds. The van der Waals surface area contributed by atoms with Crippen LogP contribution in [0.2, 0.25) is 0 Å². The van der Waals surface area contributed by atoms with E-state index in [1.165, 1.54) is 4.68 Å². The van der Waals surface area contributed by atoms with Crippen LogP contribution in [0.25, 0.3) is 0 Å². The predicted octanol–water partition coefficient (Wildman–Crippen LogP) is -0.750. The SMILES string of the molecule is Cc1nn([C@H]2C[C@H](O)[C@@H](CO)O2)c(=S)[nH]c1=O. The lowest BCUT2D eigenvalue weighted by Crippen LogP contribution is -2.25. The van der Waals surface area contributed by atoms with Crippen LogP contribution in [0.5, 0.6) is 0 Å². The summed E-state index contributed by atoms with van der Waals surface area (Å²) < 4.78 is 6.87. The number of hydrogen-bond acceptors (Lipinski definition) is 6. The number of hydrogen-bond donors (Lipinski definition) is 3. The first-order valence-electron chi connectivity index (χ1n) is 5.17. The van der Waals surface area contributed by atoms with Gasteiger partial charge in [-0.25, -0.2) is 4.68 Å². The molecule has 0 radical (unpaired) electrons. The molecule has 17 heavy (non-hydrogen) atoms. The van der Waals surface area contributed by atoms with E-state index in [9.17, 15) is 9.90 Å². The normalized spacial score (nSPS) is 28.5. The number of nitrogens with zero attached hydrogens (tertiary/aromatic N) is 2. The molecule has 1 aromatic heterocycles. The highest BCUT2D eigenvalue weighted by molar-refractivity contribution is 7.71. The van der Waals surface area contributed by atoms with Crippen LogP contribution >= 0.6 is 12.2 Å². The summed E-state index contributed by atoms with van der Waals surface area (Å²) in [5.74, 6) is 0. The molecule has 3 atom stereocenters. The van der Waals surface area contributed by atoms with Crippen molar-refractivity contribution in [3.05, 3.63) is 20.8 Å². The molecule has 7 nitrogen and oxygen atoms in total. The van der Waals surface area contributed by atoms with Crippen LogP contribution in [0, 0.1) is 11.7 Å². The van der Waals surface area contributed by atoms with Crippen LogP contribution in [0.15, 0.2) is 4.79 Å². The van der Waals surface area contributed by atoms with Crippen LogP contribution in [-0.4, -0.2) is 43.8 Å². The monoisotopic (exact) mass is 259 g/mol. The van der Waals surface area contributed by atoms with Crippen molar-refractivity contribution in [2.24, 2.45) is 0 Å². The van der Waals surface area contributed by atoms with Gasteiger partial charge in [-0.3, -0.25) is 9.78 Å². The average Bonchev–Trinajstić information content (AvgIpc) is 2.65. The highest BCUT2D eigenvalue weighted by Crippen LogP contribution is 2.27. The number of aromatic amines is 1. The summed E-state index contributed by atoms with van der Waals surface area (Å²) in [5.41, 5.74) is -0.0763. The van der Waals surface area contributed by atoms with Crippen LogP contribution in [0.4, 0.5) is 0 Å². The number of aryl methyl sites for hydroxylation is 1. The molecule has 0 aromatic carbocycles. The Morgan fingerprint density at radius 3 is 3.00 bits per heavy atom. The zero-order valence-corrected chi connectivity index (χ0v) is 9.98. The van der Waals surface area contributed by atoms with Crippen molar-refractivity contribution >= 4 is 12.2 Å². The molecule has 1 aliphatic heterocycles. The van der Waals surface area contributed by atoms with E-state index < -0.39 is 18.4 Å². The molecule has 0 saturated carbocycles. The van der Waals surface area contributed by atoms with E-state index in [2.05, 4.69) is 10.1 Å². The van der Waals surface area contributed by atoms with Crippen molar-refractivity contribution < 1.29 is 14.9 Å². The van der Waals surface area contributed by atoms with Gasteiger partial charge in [0.15, 0.2) is 11.0 Å². The Morgan fingerprint density at radius 1 is 1.71 bits per heavy atom. The largest absolute Gasteiger partial charge is 0.394 e. The van der Waals surface area contributed by atoms with Gasteiger partial charge >= 0.3 is 0 Å². The Balaban J connectivity index is 2.34. The fourth-order valence-corrected chi connectivity index (χ4v) is 1.97. The van der Waals surface area contributed by atoms with E-state index in [1.54, 1.807) is 6.92 Å². The molecule has 1 fully saturated rings. The average molecular weight is 259 g/mol. The number of aromatic nitrogens is 3. The Morgan fingerprint density at radius 2 is 2.41 bits per heavy atom. The molecular weight excluding hydrogens is 246 g/mol. The third kappa shape index (κ3) is 2.29. The van der Waals surface area contributed by atoms with Gasteiger partial charge in [-0.05, 0) is 19.1 Å². The molecule has 94 valence electrons. The van der Waals surface area contributed by atoms with Crippen molar-refractivity contribution in [3.63, 3.8) is 0 Å². The number of aliphatic hydroxyl groups is 2. The maximum absolute atomic E-state index is 11.3. The van der Waals surface area contributed by atoms with Gasteiger partial charge in [0.1, 0.15) is 11.8 Å². The van der Waals surface area contributed by atoms with Crippen LogP contribution in [0.1, 0.15) is 18.3 Å². The van der Waals surface area contributed by atoms with E-state index in [0.29, 0.717) is 0 Å². The van der Waals surface area contributed by atoms with Crippen molar-refractivity contribution in [2.75, 3.05) is 6.61 Å². The molecule has 1 saturated heterocycles. The van der Waals surface area contributed by atoms with Crippen LogP contribution in [-0.2, 0) is 4.74 Å². The van der Waals surface area contributed by atoms with E-state index in [0.717, 1.165) is 0 Å². The number of aliphatic hydroxyl groups excluding tert-OH is 2. The Bertz CT molecular complexity index is 526. The first kappa shape index (κ1) is 12.4. The fourth-order valence-electron chi connectivity index (χ4n) is 1.72. The number of ether oxygens (including phenoxy) is 1.